The number of hydrogen-bond acceptors (Lipinski definition) is 3. The van der Waals surface area contributed by atoms with Gasteiger partial charge in [-0.05, 0) is 18.6 Å². The molecule has 0 N–H and O–H groups in total. The van der Waals surface area contributed by atoms with Gasteiger partial charge in [-0.1, -0.05) is 162 Å². The molecule has 35 heavy (non-hydrogen) atoms. The maximum Gasteiger partial charge on any atom is 0.306 e. The molecule has 0 rings (SSSR count). The van der Waals surface area contributed by atoms with Gasteiger partial charge in [-0.2, -0.15) is 11.8 Å². The Morgan fingerprint density at radius 2 is 0.800 bits per heavy atom. The van der Waals surface area contributed by atoms with E-state index in [9.17, 15) is 4.79 Å². The van der Waals surface area contributed by atoms with Crippen LogP contribution in [0.3, 0.4) is 0 Å². The maximum absolute atomic E-state index is 11.9. The molecule has 0 aromatic carbocycles. The van der Waals surface area contributed by atoms with Crippen molar-refractivity contribution in [3.63, 3.8) is 0 Å². The van der Waals surface area contributed by atoms with Gasteiger partial charge in [0.15, 0.2) is 0 Å². The van der Waals surface area contributed by atoms with Crippen LogP contribution in [0.25, 0.3) is 0 Å². The molecular weight excluding hydrogens is 448 g/mol. The van der Waals surface area contributed by atoms with E-state index in [-0.39, 0.29) is 5.97 Å². The molecule has 0 bridgehead atoms. The zero-order valence-corrected chi connectivity index (χ0v) is 25.0. The second kappa shape index (κ2) is 31.8. The van der Waals surface area contributed by atoms with E-state index in [1.807, 2.05) is 11.8 Å². The molecule has 0 amide bonds. The number of carbonyl (C=O) groups is 1. The summed E-state index contributed by atoms with van der Waals surface area (Å²) in [6, 6.07) is 0. The number of thioether (sulfide) groups is 1. The van der Waals surface area contributed by atoms with Gasteiger partial charge in [0.1, 0.15) is 0 Å². The molecule has 0 aromatic heterocycles. The molecule has 0 fully saturated rings. The standard InChI is InChI=1S/C32H64O2S/c1-3-5-7-9-11-13-15-17-18-20-22-24-26-29-34-32(33)28-31-35-30-27-25-23-21-19-16-14-12-10-8-6-4-2/h3-31H2,1-2H3. The van der Waals surface area contributed by atoms with Gasteiger partial charge in [-0.3, -0.25) is 4.79 Å². The number of hydrogen-bond donors (Lipinski definition) is 0. The SMILES string of the molecule is CCCCCCCCCCCCCCCOC(=O)CCSCCCCCCCCCCCCCC. The first-order valence-corrected chi connectivity index (χ1v) is 17.2. The molecule has 0 heterocycles. The van der Waals surface area contributed by atoms with Gasteiger partial charge < -0.3 is 4.74 Å². The minimum atomic E-state index is 0.00568. The Balaban J connectivity index is 3.14. The van der Waals surface area contributed by atoms with Crippen LogP contribution in [0.1, 0.15) is 181 Å². The first-order chi connectivity index (χ1) is 17.3. The molecule has 0 unspecified atom stereocenters. The Hall–Kier alpha value is -0.180. The second-order valence-electron chi connectivity index (χ2n) is 10.7. The summed E-state index contributed by atoms with van der Waals surface area (Å²) in [5.74, 6) is 2.13. The fourth-order valence-corrected chi connectivity index (χ4v) is 5.60. The van der Waals surface area contributed by atoms with E-state index in [4.69, 9.17) is 4.74 Å². The van der Waals surface area contributed by atoms with Crippen molar-refractivity contribution in [3.05, 3.63) is 0 Å². The van der Waals surface area contributed by atoms with Crippen LogP contribution < -0.4 is 0 Å². The highest BCUT2D eigenvalue weighted by Crippen LogP contribution is 2.15. The minimum absolute atomic E-state index is 0.00568. The molecule has 0 saturated heterocycles. The summed E-state index contributed by atoms with van der Waals surface area (Å²) in [6.45, 7) is 5.19. The summed E-state index contributed by atoms with van der Waals surface area (Å²) >= 11 is 1.92. The van der Waals surface area contributed by atoms with Crippen molar-refractivity contribution in [2.45, 2.75) is 181 Å². The summed E-state index contributed by atoms with van der Waals surface area (Å²) in [6.07, 6.45) is 35.0. The highest BCUT2D eigenvalue weighted by Gasteiger charge is 2.03. The van der Waals surface area contributed by atoms with Gasteiger partial charge in [0.05, 0.1) is 13.0 Å². The highest BCUT2D eigenvalue weighted by atomic mass is 32.2. The lowest BCUT2D eigenvalue weighted by Gasteiger charge is -2.06. The van der Waals surface area contributed by atoms with Crippen molar-refractivity contribution < 1.29 is 9.53 Å². The van der Waals surface area contributed by atoms with E-state index in [0.29, 0.717) is 13.0 Å². The molecule has 0 aromatic rings. The summed E-state index contributed by atoms with van der Waals surface area (Å²) in [7, 11) is 0. The normalized spacial score (nSPS) is 11.3. The van der Waals surface area contributed by atoms with E-state index in [1.165, 1.54) is 160 Å². The Morgan fingerprint density at radius 3 is 1.20 bits per heavy atom. The first kappa shape index (κ1) is 34.8. The molecule has 0 spiro atoms. The molecule has 0 aliphatic carbocycles. The van der Waals surface area contributed by atoms with Crippen molar-refractivity contribution >= 4 is 17.7 Å². The number of unbranched alkanes of at least 4 members (excludes halogenated alkanes) is 23. The fraction of sp³-hybridized carbons (Fsp3) is 0.969. The average molecular weight is 513 g/mol. The monoisotopic (exact) mass is 512 g/mol. The summed E-state index contributed by atoms with van der Waals surface area (Å²) in [4.78, 5) is 11.9. The minimum Gasteiger partial charge on any atom is -0.466 e. The maximum atomic E-state index is 11.9. The number of carbonyl (C=O) groups excluding carboxylic acids is 1. The molecule has 0 aliphatic rings. The molecule has 3 heteroatoms. The zero-order chi connectivity index (χ0) is 25.5. The lowest BCUT2D eigenvalue weighted by atomic mass is 10.0. The zero-order valence-electron chi connectivity index (χ0n) is 24.2. The number of rotatable bonds is 30. The smallest absolute Gasteiger partial charge is 0.306 e. The van der Waals surface area contributed by atoms with Gasteiger partial charge in [-0.25, -0.2) is 0 Å². The third-order valence-electron chi connectivity index (χ3n) is 7.10. The quantitative estimate of drug-likeness (QED) is 0.0707. The van der Waals surface area contributed by atoms with Crippen molar-refractivity contribution in [2.24, 2.45) is 0 Å². The molecular formula is C32H64O2S. The molecule has 0 saturated carbocycles. The molecule has 0 atom stereocenters. The Morgan fingerprint density at radius 1 is 0.457 bits per heavy atom. The third-order valence-corrected chi connectivity index (χ3v) is 8.17. The summed E-state index contributed by atoms with van der Waals surface area (Å²) < 4.78 is 5.41. The van der Waals surface area contributed by atoms with Crippen LogP contribution in [0, 0.1) is 0 Å². The van der Waals surface area contributed by atoms with Crippen LogP contribution in [0.2, 0.25) is 0 Å². The van der Waals surface area contributed by atoms with Gasteiger partial charge in [0.25, 0.3) is 0 Å². The van der Waals surface area contributed by atoms with Crippen LogP contribution in [0.4, 0.5) is 0 Å². The van der Waals surface area contributed by atoms with Gasteiger partial charge in [-0.15, -0.1) is 0 Å². The van der Waals surface area contributed by atoms with E-state index >= 15 is 0 Å². The predicted molar refractivity (Wildman–Crippen MR) is 160 cm³/mol. The van der Waals surface area contributed by atoms with Gasteiger partial charge in [0.2, 0.25) is 0 Å². The average Bonchev–Trinajstić information content (AvgIpc) is 2.86. The third kappa shape index (κ3) is 31.8. The van der Waals surface area contributed by atoms with E-state index in [0.717, 1.165) is 12.2 Å². The van der Waals surface area contributed by atoms with Crippen molar-refractivity contribution in [2.75, 3.05) is 18.1 Å². The van der Waals surface area contributed by atoms with E-state index in [2.05, 4.69) is 13.8 Å². The predicted octanol–water partition coefficient (Wildman–Crippen LogP) is 11.4. The summed E-state index contributed by atoms with van der Waals surface area (Å²) in [5, 5.41) is 0. The van der Waals surface area contributed by atoms with Crippen LogP contribution in [0.15, 0.2) is 0 Å². The fourth-order valence-electron chi connectivity index (χ4n) is 4.68. The van der Waals surface area contributed by atoms with E-state index < -0.39 is 0 Å². The van der Waals surface area contributed by atoms with Crippen LogP contribution in [-0.2, 0) is 9.53 Å². The number of esters is 1. The second-order valence-corrected chi connectivity index (χ2v) is 11.9. The summed E-state index contributed by atoms with van der Waals surface area (Å²) in [5.41, 5.74) is 0. The largest absolute Gasteiger partial charge is 0.466 e. The van der Waals surface area contributed by atoms with Crippen molar-refractivity contribution in [1.82, 2.24) is 0 Å². The molecule has 2 nitrogen and oxygen atoms in total. The molecule has 210 valence electrons. The number of ether oxygens (including phenoxy) is 1. The van der Waals surface area contributed by atoms with Crippen LogP contribution in [-0.4, -0.2) is 24.1 Å². The Bertz CT molecular complexity index is 399. The van der Waals surface area contributed by atoms with Crippen LogP contribution >= 0.6 is 11.8 Å². The highest BCUT2D eigenvalue weighted by molar-refractivity contribution is 7.99. The van der Waals surface area contributed by atoms with E-state index in [1.54, 1.807) is 0 Å². The van der Waals surface area contributed by atoms with Crippen molar-refractivity contribution in [3.8, 4) is 0 Å². The Kier molecular flexibility index (Phi) is 31.7. The topological polar surface area (TPSA) is 26.3 Å². The lowest BCUT2D eigenvalue weighted by Crippen LogP contribution is -2.07. The lowest BCUT2D eigenvalue weighted by molar-refractivity contribution is -0.143. The molecule has 0 aliphatic heterocycles. The molecule has 0 radical (unpaired) electrons. The Labute approximate surface area is 225 Å². The first-order valence-electron chi connectivity index (χ1n) is 16.0. The van der Waals surface area contributed by atoms with Crippen LogP contribution in [0.5, 0.6) is 0 Å². The van der Waals surface area contributed by atoms with Crippen molar-refractivity contribution in [1.29, 1.82) is 0 Å². The van der Waals surface area contributed by atoms with Gasteiger partial charge in [0, 0.05) is 5.75 Å². The van der Waals surface area contributed by atoms with Gasteiger partial charge >= 0.3 is 5.97 Å².